The van der Waals surface area contributed by atoms with E-state index in [4.69, 9.17) is 32.9 Å². The van der Waals surface area contributed by atoms with Gasteiger partial charge in [-0.1, -0.05) is 234 Å². The molecule has 1 aliphatic heterocycles. The Balaban J connectivity index is 3.78. The van der Waals surface area contributed by atoms with Gasteiger partial charge in [0.25, 0.3) is 0 Å². The summed E-state index contributed by atoms with van der Waals surface area (Å²) >= 11 is 0. The third-order valence-electron chi connectivity index (χ3n) is 16.7. The predicted octanol–water partition coefficient (Wildman–Crippen LogP) is 14.6. The quantitative estimate of drug-likeness (QED) is 0.0143. The van der Waals surface area contributed by atoms with Crippen LogP contribution in [-0.2, 0) is 71.1 Å². The number of amides is 2. The normalized spacial score (nSPS) is 18.0. The van der Waals surface area contributed by atoms with Gasteiger partial charge < -0.3 is 59.1 Å². The molecule has 0 saturated carbocycles. The minimum atomic E-state index is -5.54. The van der Waals surface area contributed by atoms with Gasteiger partial charge >= 0.3 is 37.7 Å². The van der Waals surface area contributed by atoms with Gasteiger partial charge in [0, 0.05) is 19.3 Å². The summed E-state index contributed by atoms with van der Waals surface area (Å²) < 4.78 is 54.0. The van der Waals surface area contributed by atoms with Crippen LogP contribution in [-0.4, -0.2) is 130 Å². The second-order valence-corrected chi connectivity index (χ2v) is 26.5. The monoisotopic (exact) mass is 1320 g/mol. The van der Waals surface area contributed by atoms with Crippen molar-refractivity contribution in [2.75, 3.05) is 13.2 Å². The van der Waals surface area contributed by atoms with E-state index in [1.807, 2.05) is 20.8 Å². The molecule has 532 valence electrons. The van der Waals surface area contributed by atoms with E-state index >= 15 is 0 Å². The number of nitrogens with one attached hydrogen (secondary N) is 2. The summed E-state index contributed by atoms with van der Waals surface area (Å²) in [5.74, 6) is -5.65. The Labute approximate surface area is 547 Å². The standard InChI is InChI=1S/C69H127N2O19P/c1-7-13-19-22-25-28-31-34-40-43-54(85-61(75)46-37-16-10-4)49-59(73)70-57(68(79)80)53-84-69-65(71-60(74)50-55(86-62(76)47-38-17-11-5)44-41-35-32-29-26-23-20-14-8-2)67(66(58(52-72)88-69)90-91(81,82)83)89-64(78)51-56(87-63(77)48-39-18-12-6)45-42-36-33-30-27-24-21-15-9-3/h54-58,65-67,69,72H,7-53H2,1-6H3,(H,70,73)(H,71,74)(H,79,80)(H2,81,82,83)/t54-,55-,56-,57+,58-,65-,66-,67-,69-/m1/s1. The molecule has 1 aliphatic rings. The number of aliphatic hydroxyl groups excluding tert-OH is 1. The van der Waals surface area contributed by atoms with Gasteiger partial charge in [0.1, 0.15) is 36.6 Å². The smallest absolute Gasteiger partial charge is 0.470 e. The molecule has 21 nitrogen and oxygen atoms in total. The molecular weight excluding hydrogens is 1190 g/mol. The molecule has 1 saturated heterocycles. The van der Waals surface area contributed by atoms with Crippen molar-refractivity contribution in [3.8, 4) is 0 Å². The Morgan fingerprint density at radius 1 is 0.451 bits per heavy atom. The van der Waals surface area contributed by atoms with E-state index in [-0.39, 0.29) is 32.1 Å². The Bertz CT molecular complexity index is 1960. The van der Waals surface area contributed by atoms with Gasteiger partial charge in [-0.05, 0) is 57.8 Å². The summed E-state index contributed by atoms with van der Waals surface area (Å²) in [5, 5.41) is 26.5. The Kier molecular flexibility index (Phi) is 52.1. The molecule has 2 amide bonds. The topological polar surface area (TPSA) is 306 Å². The number of phosphoric acid groups is 1. The van der Waals surface area contributed by atoms with Crippen molar-refractivity contribution in [1.82, 2.24) is 10.6 Å². The number of hydrogen-bond acceptors (Lipinski definition) is 16. The molecule has 0 aliphatic carbocycles. The molecule has 1 rings (SSSR count). The van der Waals surface area contributed by atoms with E-state index in [0.29, 0.717) is 51.4 Å². The third kappa shape index (κ3) is 45.3. The second-order valence-electron chi connectivity index (χ2n) is 25.3. The number of carbonyl (C=O) groups is 7. The zero-order chi connectivity index (χ0) is 67.3. The summed E-state index contributed by atoms with van der Waals surface area (Å²) in [4.78, 5) is 116. The first-order chi connectivity index (χ1) is 43.8. The van der Waals surface area contributed by atoms with E-state index in [0.717, 1.165) is 148 Å². The first-order valence-electron chi connectivity index (χ1n) is 36.1. The lowest BCUT2D eigenvalue weighted by molar-refractivity contribution is -0.272. The average Bonchev–Trinajstić information content (AvgIpc) is 1.06. The van der Waals surface area contributed by atoms with Gasteiger partial charge in [0.15, 0.2) is 18.4 Å². The fraction of sp³-hybridized carbons (Fsp3) is 0.899. The van der Waals surface area contributed by atoms with Gasteiger partial charge in [-0.2, -0.15) is 0 Å². The largest absolute Gasteiger partial charge is 0.480 e. The van der Waals surface area contributed by atoms with E-state index in [2.05, 4.69) is 31.4 Å². The maximum atomic E-state index is 14.6. The molecule has 0 aromatic carbocycles. The van der Waals surface area contributed by atoms with Gasteiger partial charge in [-0.3, -0.25) is 33.3 Å². The van der Waals surface area contributed by atoms with Crippen LogP contribution in [0.3, 0.4) is 0 Å². The van der Waals surface area contributed by atoms with Crippen LogP contribution in [0, 0.1) is 0 Å². The number of carboxylic acid groups (broad SMARTS) is 1. The van der Waals surface area contributed by atoms with Crippen LogP contribution in [0.1, 0.15) is 330 Å². The zero-order valence-electron chi connectivity index (χ0n) is 57.3. The maximum Gasteiger partial charge on any atom is 0.470 e. The number of rotatable bonds is 61. The first kappa shape index (κ1) is 85.3. The Morgan fingerprint density at radius 2 is 0.791 bits per heavy atom. The molecule has 0 aromatic heterocycles. The van der Waals surface area contributed by atoms with E-state index in [1.165, 1.54) is 44.9 Å². The highest BCUT2D eigenvalue weighted by Crippen LogP contribution is 2.42. The number of hydrogen-bond donors (Lipinski definition) is 6. The number of esters is 4. The SMILES string of the molecule is CCCCCCCCCCC[C@H](CC(=O)N[C@H]1[C@H](OC[C@H](NC(=O)C[C@@H](CCCCCCCCCCC)OC(=O)CCCCC)C(=O)O)O[C@H](CO)[C@@H](OP(=O)(O)O)[C@@H]1OC(=O)C[C@@H](CCCCCCCCCCC)OC(=O)CCCCC)OC(=O)CCCCC. The van der Waals surface area contributed by atoms with Crippen LogP contribution in [0.2, 0.25) is 0 Å². The highest BCUT2D eigenvalue weighted by Gasteiger charge is 2.52. The van der Waals surface area contributed by atoms with Crippen LogP contribution in [0.25, 0.3) is 0 Å². The lowest BCUT2D eigenvalue weighted by Gasteiger charge is -2.45. The Morgan fingerprint density at radius 3 is 1.14 bits per heavy atom. The lowest BCUT2D eigenvalue weighted by atomic mass is 9.95. The number of unbranched alkanes of at least 4 members (excludes halogenated alkanes) is 30. The number of carboxylic acids is 1. The number of phosphoric ester groups is 1. The van der Waals surface area contributed by atoms with Gasteiger partial charge in [-0.25, -0.2) is 9.36 Å². The number of carbonyl (C=O) groups excluding carboxylic acids is 6. The van der Waals surface area contributed by atoms with Gasteiger partial charge in [0.05, 0.1) is 32.5 Å². The first-order valence-corrected chi connectivity index (χ1v) is 37.6. The van der Waals surface area contributed by atoms with Crippen molar-refractivity contribution in [3.63, 3.8) is 0 Å². The summed E-state index contributed by atoms with van der Waals surface area (Å²) in [6, 6.07) is -3.59. The van der Waals surface area contributed by atoms with Gasteiger partial charge in [-0.15, -0.1) is 0 Å². The Hall–Kier alpha value is -3.72. The zero-order valence-corrected chi connectivity index (χ0v) is 58.2. The number of aliphatic carboxylic acids is 1. The van der Waals surface area contributed by atoms with Crippen molar-refractivity contribution in [3.05, 3.63) is 0 Å². The van der Waals surface area contributed by atoms with Crippen LogP contribution < -0.4 is 10.6 Å². The van der Waals surface area contributed by atoms with Crippen LogP contribution in [0.15, 0.2) is 0 Å². The summed E-state index contributed by atoms with van der Waals surface area (Å²) in [6.45, 7) is 10.6. The molecule has 9 atom stereocenters. The van der Waals surface area contributed by atoms with E-state index in [1.54, 1.807) is 0 Å². The van der Waals surface area contributed by atoms with E-state index in [9.17, 15) is 58.1 Å². The average molecular weight is 1320 g/mol. The highest BCUT2D eigenvalue weighted by atomic mass is 31.2. The molecule has 22 heteroatoms. The number of ether oxygens (including phenoxy) is 6. The summed E-state index contributed by atoms with van der Waals surface area (Å²) in [7, 11) is -5.54. The van der Waals surface area contributed by atoms with Crippen molar-refractivity contribution in [1.29, 1.82) is 0 Å². The fourth-order valence-corrected chi connectivity index (χ4v) is 12.0. The third-order valence-corrected chi connectivity index (χ3v) is 17.2. The predicted molar refractivity (Wildman–Crippen MR) is 351 cm³/mol. The van der Waals surface area contributed by atoms with E-state index < -0.39 is 131 Å². The lowest BCUT2D eigenvalue weighted by Crippen LogP contribution is -2.66. The van der Waals surface area contributed by atoms with Crippen LogP contribution in [0.4, 0.5) is 0 Å². The molecule has 1 fully saturated rings. The van der Waals surface area contributed by atoms with Crippen molar-refractivity contribution in [2.45, 2.75) is 385 Å². The molecule has 91 heavy (non-hydrogen) atoms. The number of aliphatic hydroxyl groups is 1. The second kappa shape index (κ2) is 55.6. The molecular formula is C69H127N2O19P. The molecule has 6 N–H and O–H groups in total. The molecule has 0 aromatic rings. The minimum Gasteiger partial charge on any atom is -0.480 e. The van der Waals surface area contributed by atoms with Crippen LogP contribution >= 0.6 is 7.82 Å². The molecule has 1 heterocycles. The summed E-state index contributed by atoms with van der Waals surface area (Å²) in [6.07, 6.45) is 24.1. The van der Waals surface area contributed by atoms with Crippen molar-refractivity contribution >= 4 is 49.5 Å². The molecule has 0 radical (unpaired) electrons. The van der Waals surface area contributed by atoms with Crippen molar-refractivity contribution in [2.24, 2.45) is 0 Å². The minimum absolute atomic E-state index is 0.110. The van der Waals surface area contributed by atoms with Crippen LogP contribution in [0.5, 0.6) is 0 Å². The van der Waals surface area contributed by atoms with Crippen molar-refractivity contribution < 1.29 is 91.1 Å². The fourth-order valence-electron chi connectivity index (χ4n) is 11.4. The van der Waals surface area contributed by atoms with Gasteiger partial charge in [0.2, 0.25) is 11.8 Å². The molecule has 0 bridgehead atoms. The highest BCUT2D eigenvalue weighted by molar-refractivity contribution is 7.46. The molecule has 0 unspecified atom stereocenters. The maximum absolute atomic E-state index is 14.6. The summed E-state index contributed by atoms with van der Waals surface area (Å²) in [5.41, 5.74) is 0. The molecule has 0 spiro atoms.